The quantitative estimate of drug-likeness (QED) is 0.623. The SMILES string of the molecule is COC1CCC(NCCCCCC(=O)O)C1. The second-order valence-electron chi connectivity index (χ2n) is 4.53. The maximum absolute atomic E-state index is 10.3. The lowest BCUT2D eigenvalue weighted by Crippen LogP contribution is -2.28. The molecule has 0 aromatic heterocycles. The molecule has 0 saturated heterocycles. The molecule has 0 amide bonds. The van der Waals surface area contributed by atoms with E-state index in [9.17, 15) is 4.79 Å². The molecule has 94 valence electrons. The lowest BCUT2D eigenvalue weighted by atomic mass is 10.2. The average molecular weight is 229 g/mol. The zero-order valence-electron chi connectivity index (χ0n) is 10.1. The molecule has 0 aromatic rings. The molecule has 0 bridgehead atoms. The van der Waals surface area contributed by atoms with Crippen LogP contribution in [0.2, 0.25) is 0 Å². The minimum Gasteiger partial charge on any atom is -0.481 e. The standard InChI is InChI=1S/C12H23NO3/c1-16-11-7-6-10(9-11)13-8-4-2-3-5-12(14)15/h10-11,13H,2-9H2,1H3,(H,14,15). The number of carboxylic acid groups (broad SMARTS) is 1. The number of methoxy groups -OCH3 is 1. The molecule has 1 aliphatic rings. The van der Waals surface area contributed by atoms with E-state index in [2.05, 4.69) is 5.32 Å². The molecule has 2 atom stereocenters. The molecule has 4 nitrogen and oxygen atoms in total. The summed E-state index contributed by atoms with van der Waals surface area (Å²) in [5, 5.41) is 12.0. The molecule has 0 heterocycles. The van der Waals surface area contributed by atoms with Gasteiger partial charge in [-0.15, -0.1) is 0 Å². The highest BCUT2D eigenvalue weighted by atomic mass is 16.5. The summed E-state index contributed by atoms with van der Waals surface area (Å²) in [5.41, 5.74) is 0. The Morgan fingerprint density at radius 2 is 2.19 bits per heavy atom. The van der Waals surface area contributed by atoms with Gasteiger partial charge in [0.05, 0.1) is 6.10 Å². The Bertz CT molecular complexity index is 208. The van der Waals surface area contributed by atoms with Crippen LogP contribution in [0.15, 0.2) is 0 Å². The van der Waals surface area contributed by atoms with Crippen LogP contribution >= 0.6 is 0 Å². The van der Waals surface area contributed by atoms with Crippen molar-refractivity contribution in [3.8, 4) is 0 Å². The Kier molecular flexibility index (Phi) is 6.42. The van der Waals surface area contributed by atoms with Gasteiger partial charge in [0, 0.05) is 19.6 Å². The molecule has 1 aliphatic carbocycles. The molecule has 0 spiro atoms. The molecule has 2 unspecified atom stereocenters. The molecule has 0 radical (unpaired) electrons. The highest BCUT2D eigenvalue weighted by Gasteiger charge is 2.23. The van der Waals surface area contributed by atoms with Gasteiger partial charge < -0.3 is 15.2 Å². The van der Waals surface area contributed by atoms with Crippen molar-refractivity contribution >= 4 is 5.97 Å². The molecule has 1 saturated carbocycles. The molecule has 2 N–H and O–H groups in total. The normalized spacial score (nSPS) is 24.8. The average Bonchev–Trinajstić information content (AvgIpc) is 2.70. The van der Waals surface area contributed by atoms with E-state index in [4.69, 9.17) is 9.84 Å². The number of unbranched alkanes of at least 4 members (excludes halogenated alkanes) is 2. The van der Waals surface area contributed by atoms with E-state index in [1.807, 2.05) is 0 Å². The summed E-state index contributed by atoms with van der Waals surface area (Å²) in [4.78, 5) is 10.3. The van der Waals surface area contributed by atoms with Crippen molar-refractivity contribution in [3.63, 3.8) is 0 Å². The summed E-state index contributed by atoms with van der Waals surface area (Å²) in [5.74, 6) is -0.688. The fourth-order valence-electron chi connectivity index (χ4n) is 2.22. The predicted molar refractivity (Wildman–Crippen MR) is 62.5 cm³/mol. The molecular weight excluding hydrogens is 206 g/mol. The monoisotopic (exact) mass is 229 g/mol. The van der Waals surface area contributed by atoms with E-state index < -0.39 is 5.97 Å². The first kappa shape index (κ1) is 13.5. The van der Waals surface area contributed by atoms with Crippen molar-refractivity contribution in [2.45, 2.75) is 57.1 Å². The highest BCUT2D eigenvalue weighted by Crippen LogP contribution is 2.21. The molecule has 1 rings (SSSR count). The molecule has 1 fully saturated rings. The molecule has 0 aromatic carbocycles. The number of aliphatic carboxylic acids is 1. The Hall–Kier alpha value is -0.610. The molecule has 4 heteroatoms. The number of rotatable bonds is 8. The largest absolute Gasteiger partial charge is 0.481 e. The summed E-state index contributed by atoms with van der Waals surface area (Å²) < 4.78 is 5.31. The van der Waals surface area contributed by atoms with Crippen LogP contribution in [0.1, 0.15) is 44.9 Å². The van der Waals surface area contributed by atoms with Gasteiger partial charge in [0.15, 0.2) is 0 Å². The lowest BCUT2D eigenvalue weighted by molar-refractivity contribution is -0.137. The summed E-state index contributed by atoms with van der Waals surface area (Å²) in [6.45, 7) is 1.00. The van der Waals surface area contributed by atoms with Gasteiger partial charge in [-0.2, -0.15) is 0 Å². The van der Waals surface area contributed by atoms with Crippen LogP contribution in [0.5, 0.6) is 0 Å². The highest BCUT2D eigenvalue weighted by molar-refractivity contribution is 5.66. The van der Waals surface area contributed by atoms with Gasteiger partial charge >= 0.3 is 5.97 Å². The minimum absolute atomic E-state index is 0.301. The number of hydrogen-bond acceptors (Lipinski definition) is 3. The van der Waals surface area contributed by atoms with Crippen LogP contribution in [-0.2, 0) is 9.53 Å². The third-order valence-corrected chi connectivity index (χ3v) is 3.22. The second kappa shape index (κ2) is 7.63. The number of nitrogens with one attached hydrogen (secondary N) is 1. The fraction of sp³-hybridized carbons (Fsp3) is 0.917. The van der Waals surface area contributed by atoms with Crippen LogP contribution in [-0.4, -0.2) is 36.9 Å². The van der Waals surface area contributed by atoms with Crippen LogP contribution < -0.4 is 5.32 Å². The Labute approximate surface area is 97.4 Å². The van der Waals surface area contributed by atoms with E-state index in [0.29, 0.717) is 18.6 Å². The zero-order valence-corrected chi connectivity index (χ0v) is 10.1. The first-order chi connectivity index (χ1) is 7.72. The second-order valence-corrected chi connectivity index (χ2v) is 4.53. The van der Waals surface area contributed by atoms with E-state index >= 15 is 0 Å². The summed E-state index contributed by atoms with van der Waals surface area (Å²) in [6, 6.07) is 0.601. The van der Waals surface area contributed by atoms with E-state index in [0.717, 1.165) is 38.6 Å². The Balaban J connectivity index is 1.90. The zero-order chi connectivity index (χ0) is 11.8. The first-order valence-corrected chi connectivity index (χ1v) is 6.20. The van der Waals surface area contributed by atoms with E-state index in [1.54, 1.807) is 7.11 Å². The Morgan fingerprint density at radius 3 is 2.81 bits per heavy atom. The van der Waals surface area contributed by atoms with Gasteiger partial charge in [0.25, 0.3) is 0 Å². The van der Waals surface area contributed by atoms with Crippen molar-refractivity contribution in [2.75, 3.05) is 13.7 Å². The van der Waals surface area contributed by atoms with Crippen LogP contribution in [0.3, 0.4) is 0 Å². The van der Waals surface area contributed by atoms with Crippen molar-refractivity contribution in [1.82, 2.24) is 5.32 Å². The third-order valence-electron chi connectivity index (χ3n) is 3.22. The van der Waals surface area contributed by atoms with Crippen molar-refractivity contribution in [1.29, 1.82) is 0 Å². The lowest BCUT2D eigenvalue weighted by Gasteiger charge is -2.12. The van der Waals surface area contributed by atoms with E-state index in [1.165, 1.54) is 6.42 Å². The fourth-order valence-corrected chi connectivity index (χ4v) is 2.22. The molecule has 0 aliphatic heterocycles. The Morgan fingerprint density at radius 1 is 1.38 bits per heavy atom. The first-order valence-electron chi connectivity index (χ1n) is 6.20. The molecular formula is C12H23NO3. The van der Waals surface area contributed by atoms with Gasteiger partial charge in [0.1, 0.15) is 0 Å². The summed E-state index contributed by atoms with van der Waals surface area (Å²) in [7, 11) is 1.78. The summed E-state index contributed by atoms with van der Waals surface area (Å²) in [6.07, 6.45) is 7.08. The number of carbonyl (C=O) groups is 1. The minimum atomic E-state index is -0.688. The summed E-state index contributed by atoms with van der Waals surface area (Å²) >= 11 is 0. The predicted octanol–water partition coefficient (Wildman–Crippen LogP) is 1.79. The van der Waals surface area contributed by atoms with Gasteiger partial charge in [-0.3, -0.25) is 4.79 Å². The van der Waals surface area contributed by atoms with Gasteiger partial charge in [-0.05, 0) is 38.6 Å². The van der Waals surface area contributed by atoms with Crippen LogP contribution in [0.25, 0.3) is 0 Å². The van der Waals surface area contributed by atoms with Crippen molar-refractivity contribution in [2.24, 2.45) is 0 Å². The number of carboxylic acids is 1. The van der Waals surface area contributed by atoms with Crippen molar-refractivity contribution in [3.05, 3.63) is 0 Å². The smallest absolute Gasteiger partial charge is 0.303 e. The number of ether oxygens (including phenoxy) is 1. The molecule has 16 heavy (non-hydrogen) atoms. The number of hydrogen-bond donors (Lipinski definition) is 2. The van der Waals surface area contributed by atoms with Gasteiger partial charge in [-0.25, -0.2) is 0 Å². The van der Waals surface area contributed by atoms with Gasteiger partial charge in [0.2, 0.25) is 0 Å². The third kappa shape index (κ3) is 5.47. The van der Waals surface area contributed by atoms with Crippen molar-refractivity contribution < 1.29 is 14.6 Å². The van der Waals surface area contributed by atoms with Crippen LogP contribution in [0, 0.1) is 0 Å². The maximum atomic E-state index is 10.3. The topological polar surface area (TPSA) is 58.6 Å². The maximum Gasteiger partial charge on any atom is 0.303 e. The van der Waals surface area contributed by atoms with E-state index in [-0.39, 0.29) is 0 Å². The van der Waals surface area contributed by atoms with Crippen LogP contribution in [0.4, 0.5) is 0 Å². The van der Waals surface area contributed by atoms with Gasteiger partial charge in [-0.1, -0.05) is 6.42 Å².